The molecule has 1 aliphatic carbocycles. The summed E-state index contributed by atoms with van der Waals surface area (Å²) in [6.07, 6.45) is 6.33. The molecular weight excluding hydrogens is 380 g/mol. The van der Waals surface area contributed by atoms with Gasteiger partial charge in [-0.3, -0.25) is 14.5 Å². The lowest BCUT2D eigenvalue weighted by Gasteiger charge is -2.14. The van der Waals surface area contributed by atoms with Crippen LogP contribution >= 0.6 is 11.8 Å². The highest BCUT2D eigenvalue weighted by Gasteiger charge is 2.22. The summed E-state index contributed by atoms with van der Waals surface area (Å²) >= 11 is 1.64. The van der Waals surface area contributed by atoms with Crippen molar-refractivity contribution >= 4 is 17.7 Å². The molecular formula is C23H26N4OS. The minimum absolute atomic E-state index is 0.0805. The van der Waals surface area contributed by atoms with Gasteiger partial charge in [0.1, 0.15) is 5.69 Å². The number of carbonyl (C=O) groups is 1. The average molecular weight is 407 g/mol. The van der Waals surface area contributed by atoms with Gasteiger partial charge in [-0.2, -0.15) is 5.10 Å². The zero-order valence-corrected chi connectivity index (χ0v) is 17.3. The Labute approximate surface area is 175 Å². The van der Waals surface area contributed by atoms with Gasteiger partial charge in [0.15, 0.2) is 0 Å². The largest absolute Gasteiger partial charge is 0.354 e. The Morgan fingerprint density at radius 2 is 1.90 bits per heavy atom. The van der Waals surface area contributed by atoms with Crippen LogP contribution in [0.5, 0.6) is 0 Å². The third-order valence-corrected chi connectivity index (χ3v) is 6.16. The van der Waals surface area contributed by atoms with Crippen molar-refractivity contribution in [3.63, 3.8) is 0 Å². The van der Waals surface area contributed by atoms with Crippen LogP contribution in [0.25, 0.3) is 11.4 Å². The Morgan fingerprint density at radius 1 is 1.07 bits per heavy atom. The molecule has 5 nitrogen and oxygen atoms in total. The van der Waals surface area contributed by atoms with Crippen LogP contribution in [0.2, 0.25) is 0 Å². The molecule has 1 aromatic carbocycles. The van der Waals surface area contributed by atoms with Crippen LogP contribution in [0.3, 0.4) is 0 Å². The fourth-order valence-electron chi connectivity index (χ4n) is 3.75. The first-order chi connectivity index (χ1) is 14.3. The van der Waals surface area contributed by atoms with Crippen LogP contribution < -0.4 is 5.32 Å². The summed E-state index contributed by atoms with van der Waals surface area (Å²) in [5.41, 5.74) is 5.83. The predicted molar refractivity (Wildman–Crippen MR) is 118 cm³/mol. The number of nitrogens with zero attached hydrogens (tertiary/aromatic N) is 3. The molecule has 2 heterocycles. The maximum Gasteiger partial charge on any atom is 0.230 e. The van der Waals surface area contributed by atoms with Gasteiger partial charge in [-0.1, -0.05) is 36.4 Å². The highest BCUT2D eigenvalue weighted by Crippen LogP contribution is 2.30. The molecule has 0 saturated carbocycles. The van der Waals surface area contributed by atoms with E-state index in [1.54, 1.807) is 11.8 Å². The standard InChI is InChI=1S/C23H26N4OS/c28-22(17-29-16-18-8-2-1-3-9-18)25-14-15-27-21-12-5-4-10-19(21)23(26-27)20-11-6-7-13-24-20/h1-3,6-9,11,13H,4-5,10,12,14-17H2,(H,25,28). The molecule has 1 aliphatic rings. The molecule has 0 unspecified atom stereocenters. The highest BCUT2D eigenvalue weighted by molar-refractivity contribution is 7.99. The minimum atomic E-state index is 0.0805. The molecule has 2 aromatic heterocycles. The molecule has 4 rings (SSSR count). The zero-order valence-electron chi connectivity index (χ0n) is 16.5. The summed E-state index contributed by atoms with van der Waals surface area (Å²) in [6, 6.07) is 16.2. The summed E-state index contributed by atoms with van der Waals surface area (Å²) in [5, 5.41) is 7.90. The summed E-state index contributed by atoms with van der Waals surface area (Å²) in [7, 11) is 0. The Morgan fingerprint density at radius 3 is 2.72 bits per heavy atom. The number of pyridine rings is 1. The van der Waals surface area contributed by atoms with E-state index in [9.17, 15) is 4.79 Å². The van der Waals surface area contributed by atoms with E-state index >= 15 is 0 Å². The molecule has 0 saturated heterocycles. The second kappa shape index (κ2) is 9.74. The molecule has 150 valence electrons. The molecule has 0 radical (unpaired) electrons. The number of thioether (sulfide) groups is 1. The number of benzene rings is 1. The van der Waals surface area contributed by atoms with Crippen LogP contribution in [-0.4, -0.2) is 33.0 Å². The monoisotopic (exact) mass is 406 g/mol. The number of aromatic nitrogens is 3. The number of fused-ring (bicyclic) bond motifs is 1. The van der Waals surface area contributed by atoms with Gasteiger partial charge in [0.05, 0.1) is 18.0 Å². The van der Waals surface area contributed by atoms with Crippen LogP contribution in [0.4, 0.5) is 0 Å². The van der Waals surface area contributed by atoms with Gasteiger partial charge in [0.25, 0.3) is 0 Å². The third-order valence-electron chi connectivity index (χ3n) is 5.15. The van der Waals surface area contributed by atoms with E-state index in [-0.39, 0.29) is 5.91 Å². The third kappa shape index (κ3) is 5.07. The molecule has 0 spiro atoms. The van der Waals surface area contributed by atoms with Gasteiger partial charge >= 0.3 is 0 Å². The van der Waals surface area contributed by atoms with Crippen molar-refractivity contribution in [1.29, 1.82) is 0 Å². The van der Waals surface area contributed by atoms with E-state index in [1.165, 1.54) is 29.7 Å². The molecule has 0 bridgehead atoms. The van der Waals surface area contributed by atoms with Crippen molar-refractivity contribution < 1.29 is 4.79 Å². The lowest BCUT2D eigenvalue weighted by Crippen LogP contribution is -2.29. The van der Waals surface area contributed by atoms with Crippen molar-refractivity contribution in [2.75, 3.05) is 12.3 Å². The maximum absolute atomic E-state index is 12.2. The lowest BCUT2D eigenvalue weighted by molar-refractivity contribution is -0.118. The lowest BCUT2D eigenvalue weighted by atomic mass is 9.95. The highest BCUT2D eigenvalue weighted by atomic mass is 32.2. The molecule has 0 aliphatic heterocycles. The number of hydrogen-bond donors (Lipinski definition) is 1. The number of nitrogens with one attached hydrogen (secondary N) is 1. The molecule has 1 N–H and O–H groups in total. The second-order valence-electron chi connectivity index (χ2n) is 7.25. The van der Waals surface area contributed by atoms with Crippen molar-refractivity contribution in [3.8, 4) is 11.4 Å². The van der Waals surface area contributed by atoms with E-state index < -0.39 is 0 Å². The summed E-state index contributed by atoms with van der Waals surface area (Å²) in [4.78, 5) is 16.7. The molecule has 0 atom stereocenters. The molecule has 1 amide bonds. The topological polar surface area (TPSA) is 59.8 Å². The average Bonchev–Trinajstić information content (AvgIpc) is 3.14. The van der Waals surface area contributed by atoms with Gasteiger partial charge in [0.2, 0.25) is 5.91 Å². The van der Waals surface area contributed by atoms with Crippen molar-refractivity contribution in [2.24, 2.45) is 0 Å². The SMILES string of the molecule is O=C(CSCc1ccccc1)NCCn1nc(-c2ccccn2)c2c1CCCC2. The van der Waals surface area contributed by atoms with Crippen LogP contribution in [-0.2, 0) is 29.9 Å². The van der Waals surface area contributed by atoms with E-state index in [0.29, 0.717) is 18.8 Å². The van der Waals surface area contributed by atoms with Gasteiger partial charge in [-0.15, -0.1) is 11.8 Å². The van der Waals surface area contributed by atoms with E-state index in [4.69, 9.17) is 5.10 Å². The molecule has 0 fully saturated rings. The molecule has 3 aromatic rings. The Balaban J connectivity index is 1.31. The van der Waals surface area contributed by atoms with Gasteiger partial charge < -0.3 is 5.32 Å². The van der Waals surface area contributed by atoms with Gasteiger partial charge in [-0.05, 0) is 43.4 Å². The smallest absolute Gasteiger partial charge is 0.230 e. The van der Waals surface area contributed by atoms with Gasteiger partial charge in [-0.25, -0.2) is 0 Å². The van der Waals surface area contributed by atoms with Crippen LogP contribution in [0, 0.1) is 0 Å². The van der Waals surface area contributed by atoms with Crippen molar-refractivity contribution in [1.82, 2.24) is 20.1 Å². The van der Waals surface area contributed by atoms with Crippen molar-refractivity contribution in [2.45, 2.75) is 38.0 Å². The Bertz CT molecular complexity index is 940. The normalized spacial score (nSPS) is 13.1. The number of hydrogen-bond acceptors (Lipinski definition) is 4. The summed E-state index contributed by atoms with van der Waals surface area (Å²) in [6.45, 7) is 1.30. The maximum atomic E-state index is 12.2. The second-order valence-corrected chi connectivity index (χ2v) is 8.23. The Kier molecular flexibility index (Phi) is 6.62. The first kappa shape index (κ1) is 19.7. The summed E-state index contributed by atoms with van der Waals surface area (Å²) in [5.74, 6) is 1.41. The fourth-order valence-corrected chi connectivity index (χ4v) is 4.57. The summed E-state index contributed by atoms with van der Waals surface area (Å²) < 4.78 is 2.08. The number of amides is 1. The quantitative estimate of drug-likeness (QED) is 0.617. The van der Waals surface area contributed by atoms with Crippen LogP contribution in [0.15, 0.2) is 54.7 Å². The first-order valence-corrected chi connectivity index (χ1v) is 11.3. The Hall–Kier alpha value is -2.60. The molecule has 29 heavy (non-hydrogen) atoms. The predicted octanol–water partition coefficient (Wildman–Crippen LogP) is 3.87. The van der Waals surface area contributed by atoms with E-state index in [1.807, 2.05) is 42.6 Å². The van der Waals surface area contributed by atoms with E-state index in [2.05, 4.69) is 27.1 Å². The first-order valence-electron chi connectivity index (χ1n) is 10.2. The number of rotatable bonds is 8. The van der Waals surface area contributed by atoms with Gasteiger partial charge in [0, 0.05) is 29.8 Å². The zero-order chi connectivity index (χ0) is 19.9. The minimum Gasteiger partial charge on any atom is -0.354 e. The van der Waals surface area contributed by atoms with Crippen molar-refractivity contribution in [3.05, 3.63) is 71.5 Å². The molecule has 6 heteroatoms. The fraction of sp³-hybridized carbons (Fsp3) is 0.348. The van der Waals surface area contributed by atoms with Crippen LogP contribution in [0.1, 0.15) is 29.7 Å². The van der Waals surface area contributed by atoms with E-state index in [0.717, 1.165) is 30.0 Å². The number of carbonyl (C=O) groups excluding carboxylic acids is 1.